The Balaban J connectivity index is 1.86. The van der Waals surface area contributed by atoms with Crippen molar-refractivity contribution in [3.8, 4) is 0 Å². The highest BCUT2D eigenvalue weighted by atomic mass is 16.3. The fraction of sp³-hybridized carbons (Fsp3) is 0.632. The van der Waals surface area contributed by atoms with Crippen LogP contribution in [0, 0.1) is 5.92 Å². The van der Waals surface area contributed by atoms with Crippen molar-refractivity contribution in [2.75, 3.05) is 26.7 Å². The van der Waals surface area contributed by atoms with Gasteiger partial charge < -0.3 is 15.3 Å². The molecule has 2 unspecified atom stereocenters. The van der Waals surface area contributed by atoms with E-state index < -0.39 is 6.10 Å². The van der Waals surface area contributed by atoms with Gasteiger partial charge in [0.1, 0.15) is 0 Å². The van der Waals surface area contributed by atoms with Gasteiger partial charge in [0.25, 0.3) is 0 Å². The second kappa shape index (κ2) is 7.45. The maximum atomic E-state index is 12.2. The molecule has 23 heavy (non-hydrogen) atoms. The van der Waals surface area contributed by atoms with Crippen LogP contribution < -0.4 is 5.32 Å². The molecule has 0 radical (unpaired) electrons. The van der Waals surface area contributed by atoms with Gasteiger partial charge in [-0.25, -0.2) is 0 Å². The molecule has 1 amide bonds. The van der Waals surface area contributed by atoms with Crippen molar-refractivity contribution >= 4 is 5.91 Å². The second-order valence-corrected chi connectivity index (χ2v) is 7.73. The summed E-state index contributed by atoms with van der Waals surface area (Å²) in [7, 11) is 2.05. The highest BCUT2D eigenvalue weighted by molar-refractivity contribution is 5.79. The van der Waals surface area contributed by atoms with Crippen LogP contribution in [0.1, 0.15) is 50.8 Å². The third-order valence-electron chi connectivity index (χ3n) is 4.63. The van der Waals surface area contributed by atoms with Crippen LogP contribution in [0.3, 0.4) is 0 Å². The van der Waals surface area contributed by atoms with Crippen LogP contribution in [0.5, 0.6) is 0 Å². The van der Waals surface area contributed by atoms with Gasteiger partial charge in [-0.1, -0.05) is 45.0 Å². The van der Waals surface area contributed by atoms with Crippen molar-refractivity contribution in [3.05, 3.63) is 35.4 Å². The molecule has 1 fully saturated rings. The minimum absolute atomic E-state index is 0.0456. The van der Waals surface area contributed by atoms with E-state index in [1.165, 1.54) is 5.56 Å². The normalized spacial score (nSPS) is 21.0. The SMILES string of the molecule is CN1CCCC(C(=O)NCC(O)c2ccc(C(C)(C)C)cc2)C1. The van der Waals surface area contributed by atoms with Gasteiger partial charge in [-0.05, 0) is 43.0 Å². The Labute approximate surface area is 139 Å². The Morgan fingerprint density at radius 3 is 2.57 bits per heavy atom. The van der Waals surface area contributed by atoms with E-state index in [0.717, 1.165) is 31.5 Å². The maximum absolute atomic E-state index is 12.2. The van der Waals surface area contributed by atoms with Gasteiger partial charge in [-0.2, -0.15) is 0 Å². The summed E-state index contributed by atoms with van der Waals surface area (Å²) in [6.07, 6.45) is 1.34. The average Bonchev–Trinajstić information content (AvgIpc) is 2.51. The number of nitrogens with one attached hydrogen (secondary N) is 1. The van der Waals surface area contributed by atoms with Crippen LogP contribution in [-0.4, -0.2) is 42.6 Å². The predicted molar refractivity (Wildman–Crippen MR) is 93.3 cm³/mol. The molecule has 0 saturated carbocycles. The molecule has 0 spiro atoms. The lowest BCUT2D eigenvalue weighted by molar-refractivity contribution is -0.127. The predicted octanol–water partition coefficient (Wildman–Crippen LogP) is 2.48. The first-order valence-electron chi connectivity index (χ1n) is 8.52. The van der Waals surface area contributed by atoms with E-state index in [1.807, 2.05) is 19.2 Å². The Morgan fingerprint density at radius 2 is 2.00 bits per heavy atom. The van der Waals surface area contributed by atoms with E-state index in [2.05, 4.69) is 43.1 Å². The number of hydrogen-bond acceptors (Lipinski definition) is 3. The zero-order valence-corrected chi connectivity index (χ0v) is 14.8. The smallest absolute Gasteiger partial charge is 0.224 e. The fourth-order valence-electron chi connectivity index (χ4n) is 3.05. The number of amides is 1. The number of likely N-dealkylation sites (tertiary alicyclic amines) is 1. The Kier molecular flexibility index (Phi) is 5.82. The number of nitrogens with zero attached hydrogens (tertiary/aromatic N) is 1. The molecule has 128 valence electrons. The largest absolute Gasteiger partial charge is 0.387 e. The first kappa shape index (κ1) is 18.0. The van der Waals surface area contributed by atoms with Crippen LogP contribution in [-0.2, 0) is 10.2 Å². The second-order valence-electron chi connectivity index (χ2n) is 7.73. The zero-order valence-electron chi connectivity index (χ0n) is 14.8. The summed E-state index contributed by atoms with van der Waals surface area (Å²) in [5, 5.41) is 13.2. The number of benzene rings is 1. The van der Waals surface area contributed by atoms with Crippen molar-refractivity contribution in [1.82, 2.24) is 10.2 Å². The summed E-state index contributed by atoms with van der Waals surface area (Å²) in [5.74, 6) is 0.103. The van der Waals surface area contributed by atoms with Gasteiger partial charge >= 0.3 is 0 Å². The maximum Gasteiger partial charge on any atom is 0.224 e. The molecule has 2 N–H and O–H groups in total. The lowest BCUT2D eigenvalue weighted by Gasteiger charge is -2.29. The van der Waals surface area contributed by atoms with Crippen molar-refractivity contribution in [1.29, 1.82) is 0 Å². The number of aliphatic hydroxyl groups excluding tert-OH is 1. The Bertz CT molecular complexity index is 519. The van der Waals surface area contributed by atoms with Crippen LogP contribution in [0.25, 0.3) is 0 Å². The van der Waals surface area contributed by atoms with E-state index in [0.29, 0.717) is 0 Å². The number of carbonyl (C=O) groups excluding carboxylic acids is 1. The molecular weight excluding hydrogens is 288 g/mol. The molecule has 0 bridgehead atoms. The van der Waals surface area contributed by atoms with Gasteiger partial charge in [-0.15, -0.1) is 0 Å². The monoisotopic (exact) mass is 318 g/mol. The average molecular weight is 318 g/mol. The van der Waals surface area contributed by atoms with Gasteiger partial charge in [0.05, 0.1) is 12.0 Å². The standard InChI is InChI=1S/C19H30N2O2/c1-19(2,3)16-9-7-14(8-10-16)17(22)12-20-18(23)15-6-5-11-21(4)13-15/h7-10,15,17,22H,5-6,11-13H2,1-4H3,(H,20,23). The van der Waals surface area contributed by atoms with Crippen molar-refractivity contribution in [2.24, 2.45) is 5.92 Å². The molecule has 1 heterocycles. The summed E-state index contributed by atoms with van der Waals surface area (Å²) in [5.41, 5.74) is 2.19. The molecule has 0 aromatic heterocycles. The Morgan fingerprint density at radius 1 is 1.35 bits per heavy atom. The highest BCUT2D eigenvalue weighted by Gasteiger charge is 2.24. The van der Waals surface area contributed by atoms with Gasteiger partial charge in [0.2, 0.25) is 5.91 Å². The van der Waals surface area contributed by atoms with Crippen LogP contribution in [0.15, 0.2) is 24.3 Å². The van der Waals surface area contributed by atoms with Crippen LogP contribution in [0.2, 0.25) is 0 Å². The van der Waals surface area contributed by atoms with Crippen LogP contribution >= 0.6 is 0 Å². The molecule has 1 aromatic rings. The summed E-state index contributed by atoms with van der Waals surface area (Å²) < 4.78 is 0. The molecule has 2 rings (SSSR count). The highest BCUT2D eigenvalue weighted by Crippen LogP contribution is 2.24. The van der Waals surface area contributed by atoms with Gasteiger partial charge in [0.15, 0.2) is 0 Å². The van der Waals surface area contributed by atoms with Crippen molar-refractivity contribution in [2.45, 2.75) is 45.1 Å². The third-order valence-corrected chi connectivity index (χ3v) is 4.63. The lowest BCUT2D eigenvalue weighted by atomic mass is 9.86. The quantitative estimate of drug-likeness (QED) is 0.897. The zero-order chi connectivity index (χ0) is 17.0. The van der Waals surface area contributed by atoms with E-state index in [9.17, 15) is 9.90 Å². The van der Waals surface area contributed by atoms with Gasteiger partial charge in [-0.3, -0.25) is 4.79 Å². The van der Waals surface area contributed by atoms with E-state index in [-0.39, 0.29) is 23.8 Å². The first-order chi connectivity index (χ1) is 10.8. The molecule has 4 nitrogen and oxygen atoms in total. The molecule has 1 aliphatic heterocycles. The Hall–Kier alpha value is -1.39. The third kappa shape index (κ3) is 5.05. The number of rotatable bonds is 4. The molecule has 2 atom stereocenters. The van der Waals surface area contributed by atoms with E-state index >= 15 is 0 Å². The van der Waals surface area contributed by atoms with Crippen molar-refractivity contribution < 1.29 is 9.90 Å². The minimum Gasteiger partial charge on any atom is -0.387 e. The fourth-order valence-corrected chi connectivity index (χ4v) is 3.05. The van der Waals surface area contributed by atoms with Gasteiger partial charge in [0, 0.05) is 13.1 Å². The number of carbonyl (C=O) groups is 1. The topological polar surface area (TPSA) is 52.6 Å². The molecule has 4 heteroatoms. The first-order valence-corrected chi connectivity index (χ1v) is 8.52. The molecular formula is C19H30N2O2. The van der Waals surface area contributed by atoms with E-state index in [4.69, 9.17) is 0 Å². The molecule has 1 aliphatic rings. The van der Waals surface area contributed by atoms with E-state index in [1.54, 1.807) is 0 Å². The molecule has 1 saturated heterocycles. The van der Waals surface area contributed by atoms with Crippen LogP contribution in [0.4, 0.5) is 0 Å². The molecule has 0 aliphatic carbocycles. The lowest BCUT2D eigenvalue weighted by Crippen LogP contribution is -2.42. The minimum atomic E-state index is -0.658. The number of aliphatic hydroxyl groups is 1. The number of hydrogen-bond donors (Lipinski definition) is 2. The summed E-state index contributed by atoms with van der Waals surface area (Å²) in [6, 6.07) is 8.00. The molecule has 1 aromatic carbocycles. The number of piperidine rings is 1. The summed E-state index contributed by atoms with van der Waals surface area (Å²) in [4.78, 5) is 14.4. The summed E-state index contributed by atoms with van der Waals surface area (Å²) in [6.45, 7) is 8.64. The van der Waals surface area contributed by atoms with Crippen molar-refractivity contribution in [3.63, 3.8) is 0 Å². The summed E-state index contributed by atoms with van der Waals surface area (Å²) >= 11 is 0.